The van der Waals surface area contributed by atoms with Crippen LogP contribution < -0.4 is 5.32 Å². The molecule has 0 fully saturated rings. The maximum Gasteiger partial charge on any atom is 0.146 e. The zero-order chi connectivity index (χ0) is 15.4. The van der Waals surface area contributed by atoms with E-state index in [1.54, 1.807) is 24.3 Å². The number of likely N-dealkylation sites (N-methyl/N-ethyl adjacent to an activating group) is 1. The van der Waals surface area contributed by atoms with E-state index in [0.717, 1.165) is 0 Å². The van der Waals surface area contributed by atoms with Gasteiger partial charge in [-0.1, -0.05) is 52.7 Å². The van der Waals surface area contributed by atoms with E-state index >= 15 is 0 Å². The monoisotopic (exact) mass is 373 g/mol. The molecule has 1 nitrogen and oxygen atoms in total. The predicted molar refractivity (Wildman–Crippen MR) is 85.6 cm³/mol. The predicted octanol–water partition coefficient (Wildman–Crippen LogP) is 5.27. The lowest BCUT2D eigenvalue weighted by molar-refractivity contribution is 0.498. The molecule has 0 spiro atoms. The van der Waals surface area contributed by atoms with E-state index in [9.17, 15) is 8.78 Å². The van der Waals surface area contributed by atoms with Crippen molar-refractivity contribution in [2.75, 3.05) is 6.54 Å². The molecule has 0 aromatic heterocycles. The summed E-state index contributed by atoms with van der Waals surface area (Å²) in [6.45, 7) is 2.57. The quantitative estimate of drug-likeness (QED) is 0.751. The largest absolute Gasteiger partial charge is 0.310 e. The smallest absolute Gasteiger partial charge is 0.146 e. The molecule has 0 amide bonds. The standard InChI is InChI=1S/C16H15BrClF2N/c1-2-21-15(12-4-3-5-13(18)16(12)20)8-10-6-7-11(17)9-14(10)19/h3-7,9,15,21H,2,8H2,1H3. The molecule has 0 saturated carbocycles. The SMILES string of the molecule is CCNC(Cc1ccc(Br)cc1F)c1cccc(Cl)c1F. The van der Waals surface area contributed by atoms with Gasteiger partial charge in [-0.05, 0) is 36.7 Å². The Morgan fingerprint density at radius 2 is 2.00 bits per heavy atom. The van der Waals surface area contributed by atoms with Crippen LogP contribution in [0.4, 0.5) is 8.78 Å². The highest BCUT2D eigenvalue weighted by Gasteiger charge is 2.18. The number of halogens is 4. The Morgan fingerprint density at radius 3 is 2.67 bits per heavy atom. The van der Waals surface area contributed by atoms with Gasteiger partial charge in [-0.25, -0.2) is 8.78 Å². The maximum atomic E-state index is 14.2. The molecule has 0 aliphatic rings. The second-order valence-electron chi connectivity index (χ2n) is 4.69. The van der Waals surface area contributed by atoms with Crippen molar-refractivity contribution in [3.05, 3.63) is 68.7 Å². The van der Waals surface area contributed by atoms with Gasteiger partial charge in [0.25, 0.3) is 0 Å². The molecule has 21 heavy (non-hydrogen) atoms. The number of hydrogen-bond donors (Lipinski definition) is 1. The molecule has 0 aliphatic carbocycles. The topological polar surface area (TPSA) is 12.0 Å². The molecule has 2 aromatic carbocycles. The minimum atomic E-state index is -0.456. The highest BCUT2D eigenvalue weighted by Crippen LogP contribution is 2.27. The van der Waals surface area contributed by atoms with Crippen LogP contribution in [0.1, 0.15) is 24.1 Å². The van der Waals surface area contributed by atoms with E-state index in [0.29, 0.717) is 28.6 Å². The van der Waals surface area contributed by atoms with Gasteiger partial charge in [0.2, 0.25) is 0 Å². The minimum absolute atomic E-state index is 0.0756. The number of hydrogen-bond acceptors (Lipinski definition) is 1. The summed E-state index contributed by atoms with van der Waals surface area (Å²) in [5, 5.41) is 3.26. The molecule has 0 heterocycles. The fraction of sp³-hybridized carbons (Fsp3) is 0.250. The maximum absolute atomic E-state index is 14.2. The molecule has 0 radical (unpaired) electrons. The number of rotatable bonds is 5. The van der Waals surface area contributed by atoms with Gasteiger partial charge in [0.1, 0.15) is 11.6 Å². The summed E-state index contributed by atoms with van der Waals surface area (Å²) in [5.74, 6) is -0.766. The highest BCUT2D eigenvalue weighted by atomic mass is 79.9. The third-order valence-electron chi connectivity index (χ3n) is 3.25. The molecule has 1 N–H and O–H groups in total. The van der Waals surface area contributed by atoms with Crippen LogP contribution in [0.15, 0.2) is 40.9 Å². The van der Waals surface area contributed by atoms with Crippen molar-refractivity contribution in [3.63, 3.8) is 0 Å². The Bertz CT molecular complexity index is 634. The second kappa shape index (κ2) is 7.34. The Labute approximate surface area is 136 Å². The Hall–Kier alpha value is -0.970. The highest BCUT2D eigenvalue weighted by molar-refractivity contribution is 9.10. The molecule has 1 atom stereocenters. The van der Waals surface area contributed by atoms with Crippen molar-refractivity contribution in [2.24, 2.45) is 0 Å². The summed E-state index contributed by atoms with van der Waals surface area (Å²) < 4.78 is 28.8. The number of nitrogens with one attached hydrogen (secondary N) is 1. The lowest BCUT2D eigenvalue weighted by Gasteiger charge is -2.20. The Balaban J connectivity index is 2.33. The van der Waals surface area contributed by atoms with Crippen LogP contribution in [0.3, 0.4) is 0 Å². The van der Waals surface area contributed by atoms with Crippen molar-refractivity contribution in [2.45, 2.75) is 19.4 Å². The Morgan fingerprint density at radius 1 is 1.24 bits per heavy atom. The first kappa shape index (κ1) is 16.4. The first-order valence-corrected chi connectivity index (χ1v) is 7.81. The summed E-state index contributed by atoms with van der Waals surface area (Å²) >= 11 is 9.06. The van der Waals surface area contributed by atoms with Crippen LogP contribution in [0, 0.1) is 11.6 Å². The van der Waals surface area contributed by atoms with E-state index < -0.39 is 5.82 Å². The average molecular weight is 375 g/mol. The van der Waals surface area contributed by atoms with Gasteiger partial charge < -0.3 is 5.32 Å². The van der Waals surface area contributed by atoms with Crippen LogP contribution in [-0.4, -0.2) is 6.54 Å². The van der Waals surface area contributed by atoms with Crippen molar-refractivity contribution >= 4 is 27.5 Å². The fourth-order valence-corrected chi connectivity index (χ4v) is 2.75. The molecule has 0 saturated heterocycles. The van der Waals surface area contributed by atoms with Gasteiger partial charge in [0, 0.05) is 16.1 Å². The molecule has 0 aliphatic heterocycles. The fourth-order valence-electron chi connectivity index (χ4n) is 2.24. The van der Waals surface area contributed by atoms with E-state index in [4.69, 9.17) is 11.6 Å². The van der Waals surface area contributed by atoms with Crippen LogP contribution in [0.2, 0.25) is 5.02 Å². The zero-order valence-electron chi connectivity index (χ0n) is 11.5. The van der Waals surface area contributed by atoms with Crippen LogP contribution >= 0.6 is 27.5 Å². The average Bonchev–Trinajstić information content (AvgIpc) is 2.44. The van der Waals surface area contributed by atoms with Gasteiger partial charge in [-0.2, -0.15) is 0 Å². The molecule has 1 unspecified atom stereocenters. The van der Waals surface area contributed by atoms with Crippen LogP contribution in [-0.2, 0) is 6.42 Å². The lowest BCUT2D eigenvalue weighted by Crippen LogP contribution is -2.24. The second-order valence-corrected chi connectivity index (χ2v) is 6.02. The van der Waals surface area contributed by atoms with Gasteiger partial charge in [-0.3, -0.25) is 0 Å². The molecular weight excluding hydrogens is 360 g/mol. The van der Waals surface area contributed by atoms with Gasteiger partial charge >= 0.3 is 0 Å². The zero-order valence-corrected chi connectivity index (χ0v) is 13.8. The van der Waals surface area contributed by atoms with Crippen LogP contribution in [0.5, 0.6) is 0 Å². The summed E-state index contributed by atoms with van der Waals surface area (Å²) in [6, 6.07) is 9.43. The minimum Gasteiger partial charge on any atom is -0.310 e. The normalized spacial score (nSPS) is 12.4. The summed E-state index contributed by atoms with van der Waals surface area (Å²) in [5.41, 5.74) is 0.982. The van der Waals surface area contributed by atoms with E-state index in [2.05, 4.69) is 21.2 Å². The van der Waals surface area contributed by atoms with Crippen molar-refractivity contribution in [3.8, 4) is 0 Å². The van der Waals surface area contributed by atoms with Gasteiger partial charge in [0.05, 0.1) is 5.02 Å². The molecule has 0 bridgehead atoms. The van der Waals surface area contributed by atoms with Crippen molar-refractivity contribution in [1.82, 2.24) is 5.32 Å². The van der Waals surface area contributed by atoms with E-state index in [1.165, 1.54) is 12.1 Å². The molecule has 2 rings (SSSR count). The molecule has 112 valence electrons. The summed E-state index contributed by atoms with van der Waals surface area (Å²) in [7, 11) is 0. The third kappa shape index (κ3) is 4.02. The summed E-state index contributed by atoms with van der Waals surface area (Å²) in [4.78, 5) is 0. The van der Waals surface area contributed by atoms with E-state index in [1.807, 2.05) is 6.92 Å². The van der Waals surface area contributed by atoms with Crippen molar-refractivity contribution < 1.29 is 8.78 Å². The Kier molecular flexibility index (Phi) is 5.73. The van der Waals surface area contributed by atoms with Crippen molar-refractivity contribution in [1.29, 1.82) is 0 Å². The van der Waals surface area contributed by atoms with Gasteiger partial charge in [-0.15, -0.1) is 0 Å². The molecule has 2 aromatic rings. The first-order chi connectivity index (χ1) is 10.0. The number of benzene rings is 2. The molecular formula is C16H15BrClF2N. The van der Waals surface area contributed by atoms with Gasteiger partial charge in [0.15, 0.2) is 0 Å². The first-order valence-electron chi connectivity index (χ1n) is 6.64. The lowest BCUT2D eigenvalue weighted by atomic mass is 9.98. The third-order valence-corrected chi connectivity index (χ3v) is 4.03. The van der Waals surface area contributed by atoms with E-state index in [-0.39, 0.29) is 16.9 Å². The molecule has 5 heteroatoms. The van der Waals surface area contributed by atoms with Crippen LogP contribution in [0.25, 0.3) is 0 Å². The summed E-state index contributed by atoms with van der Waals surface area (Å²) in [6.07, 6.45) is 0.351.